The Morgan fingerprint density at radius 3 is 2.61 bits per heavy atom. The lowest BCUT2D eigenvalue weighted by Gasteiger charge is -2.34. The van der Waals surface area contributed by atoms with Gasteiger partial charge in [-0.3, -0.25) is 14.4 Å². The Morgan fingerprint density at radius 1 is 1.14 bits per heavy atom. The molecule has 184 valence electrons. The average Bonchev–Trinajstić information content (AvgIpc) is 3.48. The van der Waals surface area contributed by atoms with Gasteiger partial charge in [0, 0.05) is 31.1 Å². The van der Waals surface area contributed by atoms with Crippen LogP contribution < -0.4 is 10.6 Å². The molecule has 10 nitrogen and oxygen atoms in total. The molecule has 1 aliphatic heterocycles. The molecule has 2 aliphatic rings. The van der Waals surface area contributed by atoms with Crippen molar-refractivity contribution in [2.24, 2.45) is 5.92 Å². The van der Waals surface area contributed by atoms with Crippen LogP contribution in [-0.2, 0) is 9.59 Å². The second-order valence-electron chi connectivity index (χ2n) is 8.96. The largest absolute Gasteiger partial charge is 0.447 e. The zero-order chi connectivity index (χ0) is 25.2. The number of rotatable bonds is 5. The number of aromatic nitrogens is 2. The molecule has 1 saturated carbocycles. The van der Waals surface area contributed by atoms with Crippen LogP contribution in [-0.4, -0.2) is 45.2 Å². The molecule has 0 unspecified atom stereocenters. The van der Waals surface area contributed by atoms with Crippen molar-refractivity contribution in [2.45, 2.75) is 44.6 Å². The Kier molecular flexibility index (Phi) is 6.57. The van der Waals surface area contributed by atoms with E-state index in [1.807, 2.05) is 11.0 Å². The summed E-state index contributed by atoms with van der Waals surface area (Å²) in [5.74, 6) is -0.869. The third-order valence-corrected chi connectivity index (χ3v) is 6.91. The number of carbonyl (C=O) groups is 3. The fourth-order valence-electron chi connectivity index (χ4n) is 4.87. The van der Waals surface area contributed by atoms with Crippen molar-refractivity contribution >= 4 is 51.9 Å². The summed E-state index contributed by atoms with van der Waals surface area (Å²) in [7, 11) is 0. The molecule has 2 fully saturated rings. The number of hydrogen-bond acceptors (Lipinski definition) is 7. The summed E-state index contributed by atoms with van der Waals surface area (Å²) < 4.78 is 5.74. The summed E-state index contributed by atoms with van der Waals surface area (Å²) in [6.45, 7) is 0.787. The van der Waals surface area contributed by atoms with E-state index in [2.05, 4.69) is 20.6 Å². The molecular weight excluding hydrogens is 484 g/mol. The predicted octanol–water partition coefficient (Wildman–Crippen LogP) is 4.12. The molecule has 3 aromatic heterocycles. The van der Waals surface area contributed by atoms with Gasteiger partial charge >= 0.3 is 0 Å². The van der Waals surface area contributed by atoms with Crippen LogP contribution in [0, 0.1) is 17.2 Å². The summed E-state index contributed by atoms with van der Waals surface area (Å²) in [4.78, 5) is 48.6. The van der Waals surface area contributed by atoms with Gasteiger partial charge in [0.15, 0.2) is 5.58 Å². The van der Waals surface area contributed by atoms with Gasteiger partial charge in [-0.05, 0) is 56.4 Å². The van der Waals surface area contributed by atoms with Crippen LogP contribution >= 0.6 is 11.6 Å². The Labute approximate surface area is 211 Å². The topological polar surface area (TPSA) is 141 Å². The highest BCUT2D eigenvalue weighted by Gasteiger charge is 2.34. The van der Waals surface area contributed by atoms with E-state index >= 15 is 0 Å². The molecule has 0 bridgehead atoms. The molecule has 1 aliphatic carbocycles. The molecule has 3 aromatic rings. The van der Waals surface area contributed by atoms with E-state index in [-0.39, 0.29) is 57.8 Å². The van der Waals surface area contributed by atoms with E-state index in [1.54, 1.807) is 6.07 Å². The second kappa shape index (κ2) is 9.95. The first-order chi connectivity index (χ1) is 17.4. The summed E-state index contributed by atoms with van der Waals surface area (Å²) in [5, 5.41) is 15.2. The minimum absolute atomic E-state index is 0.107. The number of nitriles is 1. The average molecular weight is 507 g/mol. The minimum atomic E-state index is -0.632. The first kappa shape index (κ1) is 23.8. The molecule has 0 atom stereocenters. The summed E-state index contributed by atoms with van der Waals surface area (Å²) in [5.41, 5.74) is 0.707. The highest BCUT2D eigenvalue weighted by Crippen LogP contribution is 2.34. The van der Waals surface area contributed by atoms with Crippen molar-refractivity contribution in [3.05, 3.63) is 46.9 Å². The highest BCUT2D eigenvalue weighted by molar-refractivity contribution is 6.30. The van der Waals surface area contributed by atoms with Gasteiger partial charge in [-0.15, -0.1) is 0 Å². The van der Waals surface area contributed by atoms with Crippen molar-refractivity contribution < 1.29 is 18.8 Å². The molecule has 3 amide bonds. The van der Waals surface area contributed by atoms with E-state index in [1.165, 1.54) is 24.4 Å². The lowest BCUT2D eigenvalue weighted by Crippen LogP contribution is -2.40. The molecule has 2 N–H and O–H groups in total. The van der Waals surface area contributed by atoms with Crippen LogP contribution in [0.2, 0.25) is 5.02 Å². The van der Waals surface area contributed by atoms with E-state index in [9.17, 15) is 19.6 Å². The number of fused-ring (bicyclic) bond motifs is 1. The smallest absolute Gasteiger partial charge is 0.294 e. The fraction of sp³-hybridized carbons (Fsp3) is 0.360. The van der Waals surface area contributed by atoms with E-state index < -0.39 is 5.91 Å². The normalized spacial score (nSPS) is 19.8. The number of hydrogen-bond donors (Lipinski definition) is 2. The number of furan rings is 1. The zero-order valence-electron chi connectivity index (χ0n) is 19.3. The van der Waals surface area contributed by atoms with Crippen molar-refractivity contribution in [1.82, 2.24) is 14.9 Å². The zero-order valence-corrected chi connectivity index (χ0v) is 20.0. The van der Waals surface area contributed by atoms with E-state index in [0.29, 0.717) is 24.3 Å². The van der Waals surface area contributed by atoms with Crippen LogP contribution in [0.1, 0.15) is 54.8 Å². The monoisotopic (exact) mass is 506 g/mol. The van der Waals surface area contributed by atoms with Gasteiger partial charge in [-0.25, -0.2) is 9.97 Å². The maximum atomic E-state index is 13.2. The third kappa shape index (κ3) is 4.75. The van der Waals surface area contributed by atoms with Crippen LogP contribution in [0.4, 0.5) is 11.5 Å². The summed E-state index contributed by atoms with van der Waals surface area (Å²) >= 11 is 5.86. The third-order valence-electron chi connectivity index (χ3n) is 6.69. The Balaban J connectivity index is 1.37. The van der Waals surface area contributed by atoms with Crippen LogP contribution in [0.25, 0.3) is 11.1 Å². The Morgan fingerprint density at radius 2 is 1.94 bits per heavy atom. The quantitative estimate of drug-likeness (QED) is 0.530. The molecular formula is C25H23ClN6O4. The number of carbonyl (C=O) groups excluding carboxylic acids is 3. The standard InChI is InChI=1S/C25H23ClN6O4/c26-15-5-10-19(28-13-15)30-25(35)23-22(21-18(36-23)9-6-16(12-27)29-21)31-24(34)14-3-7-17(8-4-14)32-11-1-2-20(32)33/h5-6,9-10,13-14,17H,1-4,7-8,11H2,(H,31,34)(H,28,30,35). The van der Waals surface area contributed by atoms with Gasteiger partial charge < -0.3 is 20.0 Å². The van der Waals surface area contributed by atoms with Crippen LogP contribution in [0.5, 0.6) is 0 Å². The van der Waals surface area contributed by atoms with Gasteiger partial charge in [0.2, 0.25) is 17.6 Å². The first-order valence-corrected chi connectivity index (χ1v) is 12.2. The maximum absolute atomic E-state index is 13.2. The Hall–Kier alpha value is -3.97. The van der Waals surface area contributed by atoms with Gasteiger partial charge in [0.05, 0.1) is 5.02 Å². The van der Waals surface area contributed by atoms with Gasteiger partial charge in [-0.1, -0.05) is 11.6 Å². The molecule has 36 heavy (non-hydrogen) atoms. The number of nitrogens with zero attached hydrogens (tertiary/aromatic N) is 4. The summed E-state index contributed by atoms with van der Waals surface area (Å²) in [6.07, 6.45) is 5.64. The van der Waals surface area contributed by atoms with Gasteiger partial charge in [0.1, 0.15) is 28.8 Å². The number of anilines is 2. The fourth-order valence-corrected chi connectivity index (χ4v) is 4.98. The van der Waals surface area contributed by atoms with Gasteiger partial charge in [-0.2, -0.15) is 5.26 Å². The van der Waals surface area contributed by atoms with Crippen molar-refractivity contribution in [3.8, 4) is 6.07 Å². The molecule has 0 radical (unpaired) electrons. The number of nitrogens with one attached hydrogen (secondary N) is 2. The predicted molar refractivity (Wildman–Crippen MR) is 131 cm³/mol. The lowest BCUT2D eigenvalue weighted by atomic mass is 9.84. The number of halogens is 1. The first-order valence-electron chi connectivity index (χ1n) is 11.8. The Bertz CT molecular complexity index is 1370. The van der Waals surface area contributed by atoms with Crippen molar-refractivity contribution in [2.75, 3.05) is 17.2 Å². The number of amides is 3. The van der Waals surface area contributed by atoms with Crippen LogP contribution in [0.3, 0.4) is 0 Å². The van der Waals surface area contributed by atoms with Crippen LogP contribution in [0.15, 0.2) is 34.9 Å². The van der Waals surface area contributed by atoms with E-state index in [0.717, 1.165) is 25.8 Å². The number of pyridine rings is 2. The maximum Gasteiger partial charge on any atom is 0.294 e. The highest BCUT2D eigenvalue weighted by atomic mass is 35.5. The SMILES string of the molecule is N#Cc1ccc2oc(C(=O)Nc3ccc(Cl)cn3)c(NC(=O)C3CCC(N4CCCC4=O)CC3)c2n1. The minimum Gasteiger partial charge on any atom is -0.447 e. The van der Waals surface area contributed by atoms with Gasteiger partial charge in [0.25, 0.3) is 5.91 Å². The molecule has 0 spiro atoms. The summed E-state index contributed by atoms with van der Waals surface area (Å²) in [6, 6.07) is 8.26. The second-order valence-corrected chi connectivity index (χ2v) is 9.40. The number of likely N-dealkylation sites (tertiary alicyclic amines) is 1. The molecule has 1 saturated heterocycles. The van der Waals surface area contributed by atoms with Crippen molar-refractivity contribution in [1.29, 1.82) is 5.26 Å². The molecule has 11 heteroatoms. The molecule has 0 aromatic carbocycles. The van der Waals surface area contributed by atoms with E-state index in [4.69, 9.17) is 16.0 Å². The lowest BCUT2D eigenvalue weighted by molar-refractivity contribution is -0.130. The molecule has 5 rings (SSSR count). The molecule has 4 heterocycles. The van der Waals surface area contributed by atoms with Crippen molar-refractivity contribution in [3.63, 3.8) is 0 Å².